The Hall–Kier alpha value is -2.16. The van der Waals surface area contributed by atoms with Crippen molar-refractivity contribution in [2.75, 3.05) is 33.9 Å². The fourth-order valence-corrected chi connectivity index (χ4v) is 4.56. The molecule has 1 aromatic heterocycles. The predicted molar refractivity (Wildman–Crippen MR) is 93.3 cm³/mol. The fourth-order valence-electron chi connectivity index (χ4n) is 2.90. The van der Waals surface area contributed by atoms with Crippen molar-refractivity contribution >= 4 is 10.0 Å². The molecule has 8 heteroatoms. The van der Waals surface area contributed by atoms with E-state index in [4.69, 9.17) is 9.47 Å². The van der Waals surface area contributed by atoms with Gasteiger partial charge in [0.15, 0.2) is 0 Å². The molecule has 134 valence electrons. The van der Waals surface area contributed by atoms with E-state index >= 15 is 0 Å². The van der Waals surface area contributed by atoms with Crippen LogP contribution in [0.2, 0.25) is 0 Å². The SMILES string of the molecule is COc1cc(OC)cc(S(=O)(=O)N2CCNCC2c2cccnc2)c1. The van der Waals surface area contributed by atoms with Gasteiger partial charge >= 0.3 is 0 Å². The lowest BCUT2D eigenvalue weighted by Gasteiger charge is -2.35. The Morgan fingerprint density at radius 3 is 2.52 bits per heavy atom. The first-order valence-electron chi connectivity index (χ1n) is 7.92. The molecule has 1 aliphatic rings. The molecule has 1 unspecified atom stereocenters. The average Bonchev–Trinajstić information content (AvgIpc) is 2.68. The summed E-state index contributed by atoms with van der Waals surface area (Å²) in [6.45, 7) is 1.50. The maximum absolute atomic E-state index is 13.3. The van der Waals surface area contributed by atoms with Gasteiger partial charge in [-0.15, -0.1) is 0 Å². The second-order valence-corrected chi connectivity index (χ2v) is 7.56. The van der Waals surface area contributed by atoms with Crippen molar-refractivity contribution < 1.29 is 17.9 Å². The second-order valence-electron chi connectivity index (χ2n) is 5.67. The largest absolute Gasteiger partial charge is 0.497 e. The zero-order chi connectivity index (χ0) is 17.9. The molecule has 0 saturated carbocycles. The molecule has 1 saturated heterocycles. The number of hydrogen-bond acceptors (Lipinski definition) is 6. The Morgan fingerprint density at radius 1 is 1.20 bits per heavy atom. The molecule has 1 aromatic carbocycles. The molecule has 3 rings (SSSR count). The first-order chi connectivity index (χ1) is 12.1. The van der Waals surface area contributed by atoms with E-state index in [9.17, 15) is 8.42 Å². The Morgan fingerprint density at radius 2 is 1.92 bits per heavy atom. The summed E-state index contributed by atoms with van der Waals surface area (Å²) in [5.41, 5.74) is 0.855. The molecule has 1 aliphatic heterocycles. The van der Waals surface area contributed by atoms with Gasteiger partial charge in [-0.1, -0.05) is 6.07 Å². The van der Waals surface area contributed by atoms with Crippen LogP contribution < -0.4 is 14.8 Å². The first-order valence-corrected chi connectivity index (χ1v) is 9.36. The van der Waals surface area contributed by atoms with E-state index in [1.165, 1.54) is 30.7 Å². The van der Waals surface area contributed by atoms with E-state index < -0.39 is 10.0 Å². The van der Waals surface area contributed by atoms with Crippen molar-refractivity contribution in [1.82, 2.24) is 14.6 Å². The zero-order valence-corrected chi connectivity index (χ0v) is 15.0. The molecular formula is C17H21N3O4S. The highest BCUT2D eigenvalue weighted by atomic mass is 32.2. The van der Waals surface area contributed by atoms with Crippen molar-refractivity contribution in [1.29, 1.82) is 0 Å². The minimum Gasteiger partial charge on any atom is -0.497 e. The van der Waals surface area contributed by atoms with Crippen LogP contribution in [-0.4, -0.2) is 51.6 Å². The van der Waals surface area contributed by atoms with Crippen LogP contribution >= 0.6 is 0 Å². The Balaban J connectivity index is 2.03. The molecule has 0 amide bonds. The van der Waals surface area contributed by atoms with Crippen molar-refractivity contribution in [3.63, 3.8) is 0 Å². The van der Waals surface area contributed by atoms with E-state index in [2.05, 4.69) is 10.3 Å². The molecule has 0 bridgehead atoms. The van der Waals surface area contributed by atoms with Gasteiger partial charge in [0.25, 0.3) is 0 Å². The Kier molecular flexibility index (Phi) is 5.22. The number of hydrogen-bond donors (Lipinski definition) is 1. The number of sulfonamides is 1. The smallest absolute Gasteiger partial charge is 0.243 e. The van der Waals surface area contributed by atoms with Crippen LogP contribution in [0.15, 0.2) is 47.6 Å². The number of piperazine rings is 1. The average molecular weight is 363 g/mol. The van der Waals surface area contributed by atoms with Gasteiger partial charge in [-0.2, -0.15) is 4.31 Å². The highest BCUT2D eigenvalue weighted by molar-refractivity contribution is 7.89. The minimum absolute atomic E-state index is 0.152. The molecule has 0 aliphatic carbocycles. The number of nitrogens with zero attached hydrogens (tertiary/aromatic N) is 2. The molecule has 0 radical (unpaired) electrons. The van der Waals surface area contributed by atoms with Crippen LogP contribution in [0.5, 0.6) is 11.5 Å². The standard InChI is InChI=1S/C17H21N3O4S/c1-23-14-8-15(24-2)10-16(9-14)25(21,22)20-7-6-19-12-17(20)13-4-3-5-18-11-13/h3-5,8-11,17,19H,6-7,12H2,1-2H3. The van der Waals surface area contributed by atoms with E-state index in [-0.39, 0.29) is 10.9 Å². The van der Waals surface area contributed by atoms with Crippen LogP contribution in [0.3, 0.4) is 0 Å². The van der Waals surface area contributed by atoms with Crippen molar-refractivity contribution in [2.24, 2.45) is 0 Å². The first kappa shape index (κ1) is 17.7. The highest BCUT2D eigenvalue weighted by Crippen LogP contribution is 2.32. The van der Waals surface area contributed by atoms with Crippen LogP contribution in [0, 0.1) is 0 Å². The summed E-state index contributed by atoms with van der Waals surface area (Å²) in [4.78, 5) is 4.27. The Bertz CT molecular complexity index is 805. The maximum atomic E-state index is 13.3. The third kappa shape index (κ3) is 3.60. The minimum atomic E-state index is -3.72. The highest BCUT2D eigenvalue weighted by Gasteiger charge is 2.35. The number of ether oxygens (including phenoxy) is 2. The quantitative estimate of drug-likeness (QED) is 0.866. The molecular weight excluding hydrogens is 342 g/mol. The summed E-state index contributed by atoms with van der Waals surface area (Å²) in [6.07, 6.45) is 3.37. The Labute approximate surface area is 147 Å². The van der Waals surface area contributed by atoms with Crippen LogP contribution in [0.1, 0.15) is 11.6 Å². The summed E-state index contributed by atoms with van der Waals surface area (Å²) in [5.74, 6) is 0.872. The molecule has 1 fully saturated rings. The van der Waals surface area contributed by atoms with E-state index in [0.29, 0.717) is 31.1 Å². The van der Waals surface area contributed by atoms with Gasteiger partial charge < -0.3 is 14.8 Å². The normalized spacial score (nSPS) is 18.7. The third-order valence-corrected chi connectivity index (χ3v) is 6.08. The number of pyridine rings is 1. The monoisotopic (exact) mass is 363 g/mol. The van der Waals surface area contributed by atoms with E-state index in [0.717, 1.165) is 5.56 Å². The maximum Gasteiger partial charge on any atom is 0.243 e. The molecule has 7 nitrogen and oxygen atoms in total. The number of rotatable bonds is 5. The lowest BCUT2D eigenvalue weighted by atomic mass is 10.1. The summed E-state index contributed by atoms with van der Waals surface area (Å²) in [6, 6.07) is 8.06. The predicted octanol–water partition coefficient (Wildman–Crippen LogP) is 1.43. The van der Waals surface area contributed by atoms with Gasteiger partial charge in [0.2, 0.25) is 10.0 Å². The van der Waals surface area contributed by atoms with Crippen molar-refractivity contribution in [3.8, 4) is 11.5 Å². The van der Waals surface area contributed by atoms with Gasteiger partial charge in [-0.25, -0.2) is 8.42 Å². The topological polar surface area (TPSA) is 80.8 Å². The van der Waals surface area contributed by atoms with Gasteiger partial charge in [0, 0.05) is 50.2 Å². The fraction of sp³-hybridized carbons (Fsp3) is 0.353. The third-order valence-electron chi connectivity index (χ3n) is 4.20. The second kappa shape index (κ2) is 7.38. The summed E-state index contributed by atoms with van der Waals surface area (Å²) in [5, 5.41) is 3.25. The lowest BCUT2D eigenvalue weighted by Crippen LogP contribution is -2.48. The molecule has 2 heterocycles. The lowest BCUT2D eigenvalue weighted by molar-refractivity contribution is 0.271. The van der Waals surface area contributed by atoms with Gasteiger partial charge in [0.1, 0.15) is 11.5 Å². The van der Waals surface area contributed by atoms with Gasteiger partial charge in [0.05, 0.1) is 25.2 Å². The molecule has 2 aromatic rings. The van der Waals surface area contributed by atoms with Crippen molar-refractivity contribution in [2.45, 2.75) is 10.9 Å². The van der Waals surface area contributed by atoms with Gasteiger partial charge in [-0.3, -0.25) is 4.98 Å². The summed E-state index contributed by atoms with van der Waals surface area (Å²) in [7, 11) is -0.730. The molecule has 1 N–H and O–H groups in total. The summed E-state index contributed by atoms with van der Waals surface area (Å²) >= 11 is 0. The number of aromatic nitrogens is 1. The number of methoxy groups -OCH3 is 2. The number of nitrogens with one attached hydrogen (secondary N) is 1. The van der Waals surface area contributed by atoms with Crippen LogP contribution in [0.4, 0.5) is 0 Å². The molecule has 25 heavy (non-hydrogen) atoms. The van der Waals surface area contributed by atoms with Crippen LogP contribution in [-0.2, 0) is 10.0 Å². The van der Waals surface area contributed by atoms with E-state index in [1.54, 1.807) is 18.5 Å². The summed E-state index contributed by atoms with van der Waals surface area (Å²) < 4.78 is 38.5. The van der Waals surface area contributed by atoms with Crippen LogP contribution in [0.25, 0.3) is 0 Å². The van der Waals surface area contributed by atoms with E-state index in [1.807, 2.05) is 12.1 Å². The van der Waals surface area contributed by atoms with Gasteiger partial charge in [-0.05, 0) is 11.6 Å². The zero-order valence-electron chi connectivity index (χ0n) is 14.2. The molecule has 0 spiro atoms. The number of benzene rings is 1. The van der Waals surface area contributed by atoms with Crippen molar-refractivity contribution in [3.05, 3.63) is 48.3 Å². The molecule has 1 atom stereocenters.